The van der Waals surface area contributed by atoms with Crippen molar-refractivity contribution in [3.05, 3.63) is 364 Å². The molecule has 0 bridgehead atoms. The quantitative estimate of drug-likeness (QED) is 0.0198. The summed E-state index contributed by atoms with van der Waals surface area (Å²) >= 11 is 9.30. The number of aryl methyl sites for hydroxylation is 1. The van der Waals surface area contributed by atoms with Gasteiger partial charge in [-0.25, -0.2) is 4.98 Å². The van der Waals surface area contributed by atoms with E-state index in [-0.39, 0.29) is 13.2 Å². The van der Waals surface area contributed by atoms with E-state index < -0.39 is 10.6 Å². The first-order chi connectivity index (χ1) is 66.7. The molecule has 0 amide bonds. The van der Waals surface area contributed by atoms with Crippen molar-refractivity contribution >= 4 is 110 Å². The molecule has 13 aromatic carbocycles. The number of methoxy groups -OCH3 is 12. The molecule has 0 spiro atoms. The third-order valence-corrected chi connectivity index (χ3v) is 42.8. The van der Waals surface area contributed by atoms with Gasteiger partial charge in [0.05, 0.1) is 110 Å². The second-order valence-electron chi connectivity index (χ2n) is 32.1. The maximum absolute atomic E-state index is 11.3. The molecule has 0 aliphatic rings. The number of unbranched alkanes of at least 4 members (excludes halogenated alkanes) is 3. The number of benzene rings is 13. The smallest absolute Gasteiger partial charge is 0.203 e. The Kier molecular flexibility index (Phi) is 36.8. The van der Waals surface area contributed by atoms with Gasteiger partial charge in [-0.15, -0.1) is 0 Å². The zero-order valence-corrected chi connectivity index (χ0v) is 84.9. The van der Waals surface area contributed by atoms with E-state index in [0.717, 1.165) is 118 Å². The maximum Gasteiger partial charge on any atom is 0.203 e. The van der Waals surface area contributed by atoms with Crippen LogP contribution in [0.1, 0.15) is 109 Å². The molecule has 137 heavy (non-hydrogen) atoms. The summed E-state index contributed by atoms with van der Waals surface area (Å²) in [5.74, 6) is 8.67. The SMILES string of the molecule is BrP(Cc1ccc(CP(Br)(c2ccccc2)(c2ccccc2)c2ccccc2)cc1)(c1ccccc1)(c1ccccc1)c1ccccc1.CCc1cc(OC)c(COc2c(OC)cc(/C=C/c3cccc(/C=C/c4cc(OC)c(C)c(OC)c4)n3)cc2OC)cc1OC.COc1cc(C=O)cc(OC)c1OCCCCCCOc1c(OC)cc(COc2c(OC)cc(C=O)cc2OC)cc1OC. The Morgan fingerprint density at radius 1 is 0.270 bits per heavy atom. The number of rotatable bonds is 44. The Morgan fingerprint density at radius 2 is 0.540 bits per heavy atom. The first-order valence-electron chi connectivity index (χ1n) is 44.9. The van der Waals surface area contributed by atoms with Gasteiger partial charge in [0, 0.05) is 22.3 Å². The number of aldehydes is 2. The van der Waals surface area contributed by atoms with Crippen LogP contribution in [0, 0.1) is 6.92 Å². The van der Waals surface area contributed by atoms with Gasteiger partial charge < -0.3 is 75.8 Å². The fraction of sp³-hybridized carbons (Fsp3) is 0.219. The van der Waals surface area contributed by atoms with Crippen LogP contribution in [0.15, 0.2) is 297 Å². The molecule has 14 aromatic rings. The van der Waals surface area contributed by atoms with Gasteiger partial charge in [0.2, 0.25) is 23.0 Å². The summed E-state index contributed by atoms with van der Waals surface area (Å²) in [4.78, 5) is 27.2. The van der Waals surface area contributed by atoms with E-state index in [9.17, 15) is 9.59 Å². The van der Waals surface area contributed by atoms with Crippen molar-refractivity contribution in [1.82, 2.24) is 4.98 Å². The number of halogens is 2. The van der Waals surface area contributed by atoms with Crippen molar-refractivity contribution in [2.75, 3.05) is 98.5 Å². The summed E-state index contributed by atoms with van der Waals surface area (Å²) in [7, 11) is 19.0. The monoisotopic (exact) mass is 2010 g/mol. The number of hydrogen-bond donors (Lipinski definition) is 0. The van der Waals surface area contributed by atoms with Gasteiger partial charge in [-0.2, -0.15) is 0 Å². The Bertz CT molecular complexity index is 5900. The van der Waals surface area contributed by atoms with Crippen LogP contribution in [-0.2, 0) is 32.0 Å². The standard InChI is InChI=1S/C44H38Br2P2.C37H41NO7.C33H40O11/c45-47(39-19-7-1-8-20-39,40-21-9-2-10-22-40,41-23-11-3-12-24-41)35-37-31-33-38(34-32-37)36-48(46,42-25-13-4-14-26-42,43-27-15-5-16-28-43)44-29-17-6-18-30-44;1-9-27-21-34(42-6)28(22-33(27)41-5)23-45-37-35(43-7)19-26(20-36(37)44-8)14-16-30-12-10-11-29(38-30)15-13-25-17-31(39-3)24(2)32(18-25)40-4;1-36-25-13-22(19-34)14-26(37-2)31(25)42-11-9-7-8-10-12-43-32-29(40-5)17-24(18-30(32)41-6)21-44-33-27(38-3)15-23(20-35)16-28(33)39-4/h1-34H,35-36H2;10-22H,9,23H2,1-8H3;13-20H,7-12,21H2,1-6H3/b;15-13+,16-14+;. The summed E-state index contributed by atoms with van der Waals surface area (Å²) in [6, 6.07) is 103. The van der Waals surface area contributed by atoms with Crippen LogP contribution in [0.25, 0.3) is 24.3 Å². The van der Waals surface area contributed by atoms with Gasteiger partial charge in [-0.05, 0) is 158 Å². The molecule has 19 nitrogen and oxygen atoms in total. The van der Waals surface area contributed by atoms with E-state index >= 15 is 0 Å². The minimum absolute atomic E-state index is 0.154. The van der Waals surface area contributed by atoms with Gasteiger partial charge >= 0.3 is 303 Å². The second-order valence-corrected chi connectivity index (χ2v) is 49.9. The van der Waals surface area contributed by atoms with E-state index in [0.29, 0.717) is 99.6 Å². The second kappa shape index (κ2) is 49.3. The summed E-state index contributed by atoms with van der Waals surface area (Å²) in [5.41, 5.74) is 10.5. The molecule has 0 unspecified atom stereocenters. The number of pyridine rings is 1. The predicted molar refractivity (Wildman–Crippen MR) is 564 cm³/mol. The maximum atomic E-state index is 11.3. The van der Waals surface area contributed by atoms with Crippen molar-refractivity contribution in [2.45, 2.75) is 71.5 Å². The van der Waals surface area contributed by atoms with E-state index in [2.05, 4.69) is 244 Å². The predicted octanol–water partition coefficient (Wildman–Crippen LogP) is 24.3. The van der Waals surface area contributed by atoms with Crippen LogP contribution in [0.5, 0.6) is 92.0 Å². The number of carbonyl (C=O) groups is 2. The van der Waals surface area contributed by atoms with Gasteiger partial charge in [0.1, 0.15) is 48.8 Å². The minimum atomic E-state index is -3.12. The van der Waals surface area contributed by atoms with Crippen molar-refractivity contribution in [2.24, 2.45) is 0 Å². The molecule has 14 rings (SSSR count). The zero-order valence-electron chi connectivity index (χ0n) is 80.0. The van der Waals surface area contributed by atoms with Gasteiger partial charge in [0.25, 0.3) is 0 Å². The molecule has 0 saturated carbocycles. The summed E-state index contributed by atoms with van der Waals surface area (Å²) < 4.78 is 90.6. The topological polar surface area (TPSA) is 195 Å². The van der Waals surface area contributed by atoms with Crippen LogP contribution >= 0.6 is 41.6 Å². The Hall–Kier alpha value is -13.6. The first-order valence-corrected chi connectivity index (χ1v) is 53.8. The van der Waals surface area contributed by atoms with E-state index in [4.69, 9.17) is 80.8 Å². The summed E-state index contributed by atoms with van der Waals surface area (Å²) in [6.45, 7) is 5.37. The normalized spacial score (nSPS) is 11.7. The molecule has 1 heterocycles. The molecule has 712 valence electrons. The van der Waals surface area contributed by atoms with Crippen LogP contribution in [0.3, 0.4) is 0 Å². The fourth-order valence-electron chi connectivity index (χ4n) is 16.7. The van der Waals surface area contributed by atoms with Crippen molar-refractivity contribution < 1.29 is 85.4 Å². The zero-order chi connectivity index (χ0) is 97.2. The first kappa shape index (κ1) is 102. The molecule has 0 N–H and O–H groups in total. The van der Waals surface area contributed by atoms with Crippen LogP contribution < -0.4 is 108 Å². The molecule has 1 aromatic heterocycles. The van der Waals surface area contributed by atoms with Crippen LogP contribution in [-0.4, -0.2) is 116 Å². The molecular formula is C114H119Br2NO18P2. The molecule has 0 atom stereocenters. The third-order valence-electron chi connectivity index (χ3n) is 23.8. The van der Waals surface area contributed by atoms with E-state index in [1.807, 2.05) is 98.0 Å². The molecule has 0 radical (unpaired) electrons. The fourth-order valence-corrected chi connectivity index (χ4v) is 32.1. The van der Waals surface area contributed by atoms with Crippen LogP contribution in [0.4, 0.5) is 0 Å². The largest absolute Gasteiger partial charge is 0.496 e. The van der Waals surface area contributed by atoms with Crippen molar-refractivity contribution in [3.8, 4) is 92.0 Å². The molecule has 23 heteroatoms. The molecule has 0 fully saturated rings. The van der Waals surface area contributed by atoms with E-state index in [1.54, 1.807) is 81.1 Å². The average molecular weight is 2010 g/mol. The van der Waals surface area contributed by atoms with Gasteiger partial charge in [-0.3, -0.25) is 9.59 Å². The van der Waals surface area contributed by atoms with Crippen LogP contribution in [0.2, 0.25) is 0 Å². The van der Waals surface area contributed by atoms with Crippen molar-refractivity contribution in [3.63, 3.8) is 0 Å². The number of ether oxygens (including phenoxy) is 16. The van der Waals surface area contributed by atoms with Gasteiger partial charge in [-0.1, -0.05) is 25.1 Å². The Morgan fingerprint density at radius 3 is 0.839 bits per heavy atom. The summed E-state index contributed by atoms with van der Waals surface area (Å²) in [5, 5.41) is 1.73. The molecule has 0 aliphatic carbocycles. The Balaban J connectivity index is 0.000000185. The number of hydrogen-bond acceptors (Lipinski definition) is 19. The molecule has 0 aliphatic heterocycles. The van der Waals surface area contributed by atoms with Crippen molar-refractivity contribution in [1.29, 1.82) is 0 Å². The minimum Gasteiger partial charge on any atom is -0.496 e. The molecular weight excluding hydrogens is 1890 g/mol. The molecule has 0 saturated heterocycles. The van der Waals surface area contributed by atoms with E-state index in [1.165, 1.54) is 71.4 Å². The number of aromatic nitrogens is 1. The van der Waals surface area contributed by atoms with Gasteiger partial charge in [0.15, 0.2) is 46.0 Å². The summed E-state index contributed by atoms with van der Waals surface area (Å²) in [6.07, 6.45) is 15.3. The Labute approximate surface area is 821 Å². The third kappa shape index (κ3) is 24.1. The number of nitrogens with zero attached hydrogens (tertiary/aromatic N) is 1. The number of carbonyl (C=O) groups excluding carboxylic acids is 2. The average Bonchev–Trinajstić information content (AvgIpc) is 0.704.